The van der Waals surface area contributed by atoms with Crippen molar-refractivity contribution >= 4 is 6.29 Å². The van der Waals surface area contributed by atoms with Crippen LogP contribution in [0.3, 0.4) is 0 Å². The summed E-state index contributed by atoms with van der Waals surface area (Å²) in [7, 11) is 0. The minimum absolute atomic E-state index is 0.193. The molecular formula is C13H8F2O. The number of carbonyl (C=O) groups is 1. The van der Waals surface area contributed by atoms with Gasteiger partial charge in [0.1, 0.15) is 17.9 Å². The first-order valence-corrected chi connectivity index (χ1v) is 4.71. The molecular weight excluding hydrogens is 210 g/mol. The lowest BCUT2D eigenvalue weighted by molar-refractivity contribution is 0.112. The van der Waals surface area contributed by atoms with Crippen LogP contribution in [0, 0.1) is 11.6 Å². The van der Waals surface area contributed by atoms with Crippen LogP contribution in [0.5, 0.6) is 0 Å². The van der Waals surface area contributed by atoms with Gasteiger partial charge in [0, 0.05) is 11.1 Å². The Bertz CT molecular complexity index is 535. The van der Waals surface area contributed by atoms with E-state index in [0.717, 1.165) is 6.07 Å². The van der Waals surface area contributed by atoms with Crippen molar-refractivity contribution in [3.05, 3.63) is 59.7 Å². The normalized spacial score (nSPS) is 10.1. The van der Waals surface area contributed by atoms with E-state index in [4.69, 9.17) is 0 Å². The summed E-state index contributed by atoms with van der Waals surface area (Å²) in [5.41, 5.74) is 0.837. The first-order chi connectivity index (χ1) is 7.70. The van der Waals surface area contributed by atoms with Gasteiger partial charge < -0.3 is 0 Å². The summed E-state index contributed by atoms with van der Waals surface area (Å²) in [6, 6.07) is 9.80. The summed E-state index contributed by atoms with van der Waals surface area (Å²) in [6.45, 7) is 0. The lowest BCUT2D eigenvalue weighted by Gasteiger charge is -2.04. The topological polar surface area (TPSA) is 17.1 Å². The maximum atomic E-state index is 13.4. The van der Waals surface area contributed by atoms with E-state index in [1.165, 1.54) is 18.2 Å². The Morgan fingerprint density at radius 3 is 2.44 bits per heavy atom. The van der Waals surface area contributed by atoms with E-state index < -0.39 is 11.6 Å². The van der Waals surface area contributed by atoms with Crippen molar-refractivity contribution in [1.82, 2.24) is 0 Å². The first-order valence-electron chi connectivity index (χ1n) is 4.71. The van der Waals surface area contributed by atoms with Gasteiger partial charge in [-0.3, -0.25) is 4.79 Å². The molecule has 0 aliphatic rings. The van der Waals surface area contributed by atoms with E-state index in [1.807, 2.05) is 0 Å². The second-order valence-electron chi connectivity index (χ2n) is 3.37. The van der Waals surface area contributed by atoms with Crippen LogP contribution in [0.2, 0.25) is 0 Å². The number of carbonyl (C=O) groups excluding carboxylic acids is 1. The number of aldehydes is 1. The molecule has 0 saturated heterocycles. The maximum absolute atomic E-state index is 13.4. The minimum atomic E-state index is -0.553. The largest absolute Gasteiger partial charge is 0.298 e. The number of hydrogen-bond acceptors (Lipinski definition) is 1. The second-order valence-corrected chi connectivity index (χ2v) is 3.37. The molecule has 1 nitrogen and oxygen atoms in total. The number of hydrogen-bond donors (Lipinski definition) is 0. The highest BCUT2D eigenvalue weighted by atomic mass is 19.1. The molecule has 0 aromatic heterocycles. The minimum Gasteiger partial charge on any atom is -0.298 e. The van der Waals surface area contributed by atoms with Gasteiger partial charge in [-0.05, 0) is 29.8 Å². The van der Waals surface area contributed by atoms with Crippen LogP contribution in [-0.2, 0) is 0 Å². The van der Waals surface area contributed by atoms with Crippen molar-refractivity contribution in [2.75, 3.05) is 0 Å². The van der Waals surface area contributed by atoms with Gasteiger partial charge in [0.05, 0.1) is 0 Å². The van der Waals surface area contributed by atoms with Crippen molar-refractivity contribution in [3.8, 4) is 11.1 Å². The molecule has 0 radical (unpaired) electrons. The molecule has 0 bridgehead atoms. The molecule has 2 rings (SSSR count). The summed E-state index contributed by atoms with van der Waals surface area (Å²) in [6.07, 6.45) is 0.535. The molecule has 0 spiro atoms. The predicted octanol–water partition coefficient (Wildman–Crippen LogP) is 3.44. The number of benzene rings is 2. The second kappa shape index (κ2) is 4.23. The summed E-state index contributed by atoms with van der Waals surface area (Å²) < 4.78 is 26.6. The van der Waals surface area contributed by atoms with Crippen molar-refractivity contribution < 1.29 is 13.6 Å². The van der Waals surface area contributed by atoms with E-state index in [9.17, 15) is 13.6 Å². The van der Waals surface area contributed by atoms with Crippen molar-refractivity contribution in [2.45, 2.75) is 0 Å². The molecule has 2 aromatic rings. The summed E-state index contributed by atoms with van der Waals surface area (Å²) >= 11 is 0. The van der Waals surface area contributed by atoms with Crippen molar-refractivity contribution in [2.24, 2.45) is 0 Å². The summed E-state index contributed by atoms with van der Waals surface area (Å²) in [5.74, 6) is -0.993. The smallest absolute Gasteiger partial charge is 0.150 e. The van der Waals surface area contributed by atoms with Crippen molar-refractivity contribution in [1.29, 1.82) is 0 Å². The zero-order valence-corrected chi connectivity index (χ0v) is 8.28. The highest BCUT2D eigenvalue weighted by Crippen LogP contribution is 2.24. The fourth-order valence-corrected chi connectivity index (χ4v) is 1.53. The van der Waals surface area contributed by atoms with E-state index >= 15 is 0 Å². The summed E-state index contributed by atoms with van der Waals surface area (Å²) in [4.78, 5) is 10.6. The molecule has 0 amide bonds. The van der Waals surface area contributed by atoms with Crippen LogP contribution >= 0.6 is 0 Å². The summed E-state index contributed by atoms with van der Waals surface area (Å²) in [5, 5.41) is 0. The number of rotatable bonds is 2. The average molecular weight is 218 g/mol. The Kier molecular flexibility index (Phi) is 2.77. The third kappa shape index (κ3) is 1.98. The predicted molar refractivity (Wildman–Crippen MR) is 57.2 cm³/mol. The Morgan fingerprint density at radius 1 is 1.00 bits per heavy atom. The van der Waals surface area contributed by atoms with Crippen LogP contribution in [-0.4, -0.2) is 6.29 Å². The van der Waals surface area contributed by atoms with Gasteiger partial charge in [0.25, 0.3) is 0 Å². The van der Waals surface area contributed by atoms with Gasteiger partial charge in [0.2, 0.25) is 0 Å². The highest BCUT2D eigenvalue weighted by Gasteiger charge is 2.06. The third-order valence-corrected chi connectivity index (χ3v) is 2.24. The van der Waals surface area contributed by atoms with Crippen LogP contribution < -0.4 is 0 Å². The first kappa shape index (κ1) is 10.5. The molecule has 0 fully saturated rings. The standard InChI is InChI=1S/C13H8F2O/c14-11-6-9(8-16)5-10(7-11)12-3-1-2-4-13(12)15/h1-8H. The van der Waals surface area contributed by atoms with E-state index in [2.05, 4.69) is 0 Å². The molecule has 2 aromatic carbocycles. The fraction of sp³-hybridized carbons (Fsp3) is 0. The zero-order chi connectivity index (χ0) is 11.5. The van der Waals surface area contributed by atoms with Gasteiger partial charge >= 0.3 is 0 Å². The Hall–Kier alpha value is -2.03. The SMILES string of the molecule is O=Cc1cc(F)cc(-c2ccccc2F)c1. The molecule has 0 aliphatic carbocycles. The maximum Gasteiger partial charge on any atom is 0.150 e. The van der Waals surface area contributed by atoms with E-state index in [0.29, 0.717) is 11.8 Å². The molecule has 0 atom stereocenters. The van der Waals surface area contributed by atoms with Crippen LogP contribution in [0.25, 0.3) is 11.1 Å². The Balaban J connectivity index is 2.60. The lowest BCUT2D eigenvalue weighted by Crippen LogP contribution is -1.88. The molecule has 80 valence electrons. The molecule has 0 saturated carbocycles. The Labute approximate surface area is 91.3 Å². The monoisotopic (exact) mass is 218 g/mol. The third-order valence-electron chi connectivity index (χ3n) is 2.24. The Morgan fingerprint density at radius 2 is 1.75 bits per heavy atom. The van der Waals surface area contributed by atoms with Crippen LogP contribution in [0.1, 0.15) is 10.4 Å². The molecule has 0 aliphatic heterocycles. The molecule has 0 heterocycles. The molecule has 3 heteroatoms. The van der Waals surface area contributed by atoms with Crippen LogP contribution in [0.4, 0.5) is 8.78 Å². The van der Waals surface area contributed by atoms with Gasteiger partial charge in [-0.25, -0.2) is 8.78 Å². The molecule has 0 N–H and O–H groups in total. The van der Waals surface area contributed by atoms with Crippen LogP contribution in [0.15, 0.2) is 42.5 Å². The quantitative estimate of drug-likeness (QED) is 0.705. The molecule has 16 heavy (non-hydrogen) atoms. The fourth-order valence-electron chi connectivity index (χ4n) is 1.53. The average Bonchev–Trinajstić information content (AvgIpc) is 2.28. The van der Waals surface area contributed by atoms with Gasteiger partial charge in [0.15, 0.2) is 0 Å². The molecule has 0 unspecified atom stereocenters. The van der Waals surface area contributed by atoms with Gasteiger partial charge in [-0.15, -0.1) is 0 Å². The van der Waals surface area contributed by atoms with Gasteiger partial charge in [-0.2, -0.15) is 0 Å². The van der Waals surface area contributed by atoms with Crippen molar-refractivity contribution in [3.63, 3.8) is 0 Å². The van der Waals surface area contributed by atoms with E-state index in [1.54, 1.807) is 18.2 Å². The lowest BCUT2D eigenvalue weighted by atomic mass is 10.0. The zero-order valence-electron chi connectivity index (χ0n) is 8.28. The van der Waals surface area contributed by atoms with E-state index in [-0.39, 0.29) is 11.1 Å². The highest BCUT2D eigenvalue weighted by molar-refractivity contribution is 5.79. The van der Waals surface area contributed by atoms with Gasteiger partial charge in [-0.1, -0.05) is 18.2 Å². The number of halogens is 2.